The second-order valence-corrected chi connectivity index (χ2v) is 6.99. The van der Waals surface area contributed by atoms with Crippen molar-refractivity contribution in [1.29, 1.82) is 0 Å². The van der Waals surface area contributed by atoms with Crippen LogP contribution >= 0.6 is 0 Å². The van der Waals surface area contributed by atoms with Gasteiger partial charge in [0.25, 0.3) is 5.56 Å². The van der Waals surface area contributed by atoms with Crippen LogP contribution in [0.3, 0.4) is 0 Å². The number of fused-ring (bicyclic) bond motifs is 1. The maximum absolute atomic E-state index is 13.1. The number of carbonyl (C=O) groups is 1. The second-order valence-electron chi connectivity index (χ2n) is 6.99. The lowest BCUT2D eigenvalue weighted by Gasteiger charge is -2.35. The van der Waals surface area contributed by atoms with Crippen LogP contribution < -0.4 is 21.3 Å². The largest absolute Gasteiger partial charge is 0.494 e. The van der Waals surface area contributed by atoms with E-state index in [1.807, 2.05) is 6.92 Å². The van der Waals surface area contributed by atoms with Gasteiger partial charge in [0, 0.05) is 25.7 Å². The van der Waals surface area contributed by atoms with Gasteiger partial charge in [-0.15, -0.1) is 0 Å². The predicted molar refractivity (Wildman–Crippen MR) is 114 cm³/mol. The smallest absolute Gasteiger partial charge is 0.332 e. The van der Waals surface area contributed by atoms with Gasteiger partial charge in [-0.3, -0.25) is 18.7 Å². The van der Waals surface area contributed by atoms with Gasteiger partial charge >= 0.3 is 11.7 Å². The topological polar surface area (TPSA) is 91.6 Å². The molecule has 0 bridgehead atoms. The molecule has 0 spiro atoms. The molecule has 0 aliphatic carbocycles. The molecule has 1 aliphatic rings. The summed E-state index contributed by atoms with van der Waals surface area (Å²) in [5, 5.41) is 2.98. The number of nitrogens with one attached hydrogen (secondary N) is 1. The Hall–Kier alpha value is -3.55. The lowest BCUT2D eigenvalue weighted by atomic mass is 9.77. The van der Waals surface area contributed by atoms with Crippen LogP contribution in [0.25, 0.3) is 0 Å². The van der Waals surface area contributed by atoms with Crippen molar-refractivity contribution in [3.63, 3.8) is 0 Å². The summed E-state index contributed by atoms with van der Waals surface area (Å²) >= 11 is 0. The molecular weight excluding hydrogens is 386 g/mol. The van der Waals surface area contributed by atoms with Crippen molar-refractivity contribution in [2.45, 2.75) is 12.8 Å². The van der Waals surface area contributed by atoms with Gasteiger partial charge in [0.15, 0.2) is 0 Å². The molecule has 0 saturated heterocycles. The minimum absolute atomic E-state index is 0.0384. The van der Waals surface area contributed by atoms with Crippen LogP contribution in [0.5, 0.6) is 5.75 Å². The Kier molecular flexibility index (Phi) is 5.96. The van der Waals surface area contributed by atoms with Gasteiger partial charge in [-0.2, -0.15) is 0 Å². The fourth-order valence-electron chi connectivity index (χ4n) is 3.71. The molecule has 1 aromatic heterocycles. The molecule has 0 saturated carbocycles. The molecule has 1 aromatic carbocycles. The first kappa shape index (κ1) is 21.2. The number of carbonyl (C=O) groups excluding carboxylic acids is 1. The average Bonchev–Trinajstić information content (AvgIpc) is 2.74. The van der Waals surface area contributed by atoms with E-state index in [-0.39, 0.29) is 6.61 Å². The monoisotopic (exact) mass is 411 g/mol. The zero-order chi connectivity index (χ0) is 22.0. The number of esters is 1. The number of nitrogens with zero attached hydrogens (tertiary/aromatic N) is 2. The number of hydrogen-bond acceptors (Lipinski definition) is 6. The third-order valence-corrected chi connectivity index (χ3v) is 5.15. The van der Waals surface area contributed by atoms with Gasteiger partial charge in [0.1, 0.15) is 24.1 Å². The predicted octanol–water partition coefficient (Wildman–Crippen LogP) is 1.90. The van der Waals surface area contributed by atoms with Crippen molar-refractivity contribution in [2.24, 2.45) is 20.0 Å². The summed E-state index contributed by atoms with van der Waals surface area (Å²) in [7, 11) is 2.97. The van der Waals surface area contributed by atoms with Crippen LogP contribution in [-0.4, -0.2) is 28.3 Å². The van der Waals surface area contributed by atoms with Crippen LogP contribution in [0.4, 0.5) is 5.82 Å². The van der Waals surface area contributed by atoms with Crippen molar-refractivity contribution < 1.29 is 14.3 Å². The highest BCUT2D eigenvalue weighted by Crippen LogP contribution is 2.42. The number of hydrogen-bond donors (Lipinski definition) is 1. The molecule has 8 nitrogen and oxygen atoms in total. The van der Waals surface area contributed by atoms with Crippen LogP contribution in [0.1, 0.15) is 24.0 Å². The Morgan fingerprint density at radius 1 is 1.20 bits per heavy atom. The third-order valence-electron chi connectivity index (χ3n) is 5.15. The zero-order valence-electron chi connectivity index (χ0n) is 17.3. The van der Waals surface area contributed by atoms with Gasteiger partial charge in [0.05, 0.1) is 12.2 Å². The number of anilines is 1. The van der Waals surface area contributed by atoms with E-state index in [2.05, 4.69) is 18.5 Å². The highest BCUT2D eigenvalue weighted by atomic mass is 16.5. The highest BCUT2D eigenvalue weighted by Gasteiger charge is 2.42. The van der Waals surface area contributed by atoms with E-state index in [9.17, 15) is 14.4 Å². The molecule has 2 heterocycles. The standard InChI is InChI=1S/C22H25N3O5/c1-6-12-30-21(27)16-13(3)23-19-18(20(26)25(5)22(28)24(19)4)17(16)14-8-10-15(11-9-14)29-7-2/h6,8-11,16-17,23H,1,3,7,12H2,2,4-5H3/t16-,17+/m1/s1. The molecule has 0 unspecified atom stereocenters. The van der Waals surface area contributed by atoms with Gasteiger partial charge in [-0.25, -0.2) is 4.79 Å². The third kappa shape index (κ3) is 3.56. The molecule has 30 heavy (non-hydrogen) atoms. The number of ether oxygens (including phenoxy) is 2. The average molecular weight is 411 g/mol. The van der Waals surface area contributed by atoms with Crippen molar-refractivity contribution in [3.8, 4) is 5.75 Å². The SMILES string of the molecule is C=CCOC(=O)[C@@H]1C(=C)Nc2c(c(=O)n(C)c(=O)n2C)[C@H]1c1ccc(OCC)cc1. The van der Waals surface area contributed by atoms with E-state index in [4.69, 9.17) is 9.47 Å². The molecule has 2 aromatic rings. The summed E-state index contributed by atoms with van der Waals surface area (Å²) in [6.45, 7) is 9.99. The maximum Gasteiger partial charge on any atom is 0.332 e. The number of benzene rings is 1. The molecule has 2 atom stereocenters. The molecule has 1 N–H and O–H groups in total. The molecule has 0 radical (unpaired) electrons. The lowest BCUT2D eigenvalue weighted by molar-refractivity contribution is -0.146. The molecular formula is C22H25N3O5. The van der Waals surface area contributed by atoms with Crippen molar-refractivity contribution in [1.82, 2.24) is 9.13 Å². The molecule has 8 heteroatoms. The van der Waals surface area contributed by atoms with Crippen molar-refractivity contribution >= 4 is 11.8 Å². The summed E-state index contributed by atoms with van der Waals surface area (Å²) in [6.07, 6.45) is 1.47. The fourth-order valence-corrected chi connectivity index (χ4v) is 3.71. The number of aromatic nitrogens is 2. The number of rotatable bonds is 6. The van der Waals surface area contributed by atoms with Gasteiger partial charge in [-0.1, -0.05) is 31.4 Å². The molecule has 3 rings (SSSR count). The molecule has 0 fully saturated rings. The second kappa shape index (κ2) is 8.44. The quantitative estimate of drug-likeness (QED) is 0.577. The van der Waals surface area contributed by atoms with Crippen LogP contribution in [0.2, 0.25) is 0 Å². The summed E-state index contributed by atoms with van der Waals surface area (Å²) in [5.41, 5.74) is 0.403. The minimum atomic E-state index is -0.861. The Morgan fingerprint density at radius 2 is 1.87 bits per heavy atom. The summed E-state index contributed by atoms with van der Waals surface area (Å²) in [4.78, 5) is 38.4. The summed E-state index contributed by atoms with van der Waals surface area (Å²) in [6, 6.07) is 7.16. The van der Waals surface area contributed by atoms with Crippen LogP contribution in [0, 0.1) is 5.92 Å². The van der Waals surface area contributed by atoms with Crippen LogP contribution in [0.15, 0.2) is 58.8 Å². The molecule has 158 valence electrons. The first-order chi connectivity index (χ1) is 14.3. The van der Waals surface area contributed by atoms with E-state index < -0.39 is 29.1 Å². The minimum Gasteiger partial charge on any atom is -0.494 e. The van der Waals surface area contributed by atoms with Crippen molar-refractivity contribution in [2.75, 3.05) is 18.5 Å². The fraction of sp³-hybridized carbons (Fsp3) is 0.318. The van der Waals surface area contributed by atoms with Gasteiger partial charge in [-0.05, 0) is 24.6 Å². The maximum atomic E-state index is 13.1. The van der Waals surface area contributed by atoms with E-state index in [0.29, 0.717) is 35.0 Å². The van der Waals surface area contributed by atoms with E-state index in [1.54, 1.807) is 31.3 Å². The van der Waals surface area contributed by atoms with E-state index in [1.165, 1.54) is 17.7 Å². The van der Waals surface area contributed by atoms with E-state index in [0.717, 1.165) is 4.57 Å². The van der Waals surface area contributed by atoms with Crippen LogP contribution in [-0.2, 0) is 23.6 Å². The van der Waals surface area contributed by atoms with Crippen molar-refractivity contribution in [3.05, 3.63) is 81.2 Å². The Labute approximate surface area is 174 Å². The summed E-state index contributed by atoms with van der Waals surface area (Å²) in [5.74, 6) is -1.09. The Balaban J connectivity index is 2.25. The zero-order valence-corrected chi connectivity index (χ0v) is 17.3. The highest BCUT2D eigenvalue weighted by molar-refractivity contribution is 5.81. The first-order valence-corrected chi connectivity index (χ1v) is 9.57. The Bertz CT molecular complexity index is 1110. The first-order valence-electron chi connectivity index (χ1n) is 9.57. The molecule has 1 aliphatic heterocycles. The normalized spacial score (nSPS) is 17.6. The summed E-state index contributed by atoms with van der Waals surface area (Å²) < 4.78 is 13.2. The van der Waals surface area contributed by atoms with Gasteiger partial charge in [0.2, 0.25) is 0 Å². The lowest BCUT2D eigenvalue weighted by Crippen LogP contribution is -2.46. The Morgan fingerprint density at radius 3 is 2.47 bits per heavy atom. The van der Waals surface area contributed by atoms with Gasteiger partial charge < -0.3 is 14.8 Å². The van der Waals surface area contributed by atoms with E-state index >= 15 is 0 Å². The molecule has 0 amide bonds.